The predicted molar refractivity (Wildman–Crippen MR) is 57.6 cm³/mol. The molecule has 0 aromatic heterocycles. The normalized spacial score (nSPS) is 19.1. The summed E-state index contributed by atoms with van der Waals surface area (Å²) in [6.45, 7) is 1.32. The molecule has 16 heavy (non-hydrogen) atoms. The van der Waals surface area contributed by atoms with Gasteiger partial charge in [0.1, 0.15) is 6.10 Å². The molecule has 0 spiro atoms. The third-order valence-corrected chi connectivity index (χ3v) is 2.47. The molecule has 1 atom stereocenters. The van der Waals surface area contributed by atoms with Crippen LogP contribution in [-0.4, -0.2) is 26.4 Å². The highest BCUT2D eigenvalue weighted by atomic mass is 16.6. The molecule has 1 aromatic carbocycles. The van der Waals surface area contributed by atoms with Gasteiger partial charge in [0.15, 0.2) is 11.5 Å². The zero-order chi connectivity index (χ0) is 11.4. The van der Waals surface area contributed by atoms with Gasteiger partial charge in [-0.3, -0.25) is 0 Å². The number of rotatable bonds is 3. The lowest BCUT2D eigenvalue weighted by Crippen LogP contribution is -2.16. The Morgan fingerprint density at radius 3 is 2.94 bits per heavy atom. The lowest BCUT2D eigenvalue weighted by Gasteiger charge is -2.14. The Morgan fingerprint density at radius 1 is 1.44 bits per heavy atom. The smallest absolute Gasteiger partial charge is 0.163 e. The number of ether oxygens (including phenoxy) is 3. The Kier molecular flexibility index (Phi) is 3.28. The van der Waals surface area contributed by atoms with E-state index >= 15 is 0 Å². The van der Waals surface area contributed by atoms with Gasteiger partial charge >= 0.3 is 0 Å². The van der Waals surface area contributed by atoms with Gasteiger partial charge in [0, 0.05) is 12.5 Å². The third-order valence-electron chi connectivity index (χ3n) is 2.47. The largest absolute Gasteiger partial charge is 0.493 e. The fourth-order valence-corrected chi connectivity index (χ4v) is 1.62. The highest BCUT2D eigenvalue weighted by molar-refractivity contribution is 5.46. The molecule has 0 aliphatic carbocycles. The van der Waals surface area contributed by atoms with Crippen LogP contribution in [0.5, 0.6) is 11.5 Å². The second-order valence-electron chi connectivity index (χ2n) is 3.58. The first kappa shape index (κ1) is 10.8. The second-order valence-corrected chi connectivity index (χ2v) is 3.58. The number of hydrogen-bond acceptors (Lipinski definition) is 4. The summed E-state index contributed by atoms with van der Waals surface area (Å²) in [5, 5.41) is 8.82. The molecular formula is C12H13NO3. The van der Waals surface area contributed by atoms with Gasteiger partial charge in [-0.2, -0.15) is 5.26 Å². The third kappa shape index (κ3) is 2.26. The molecular weight excluding hydrogens is 206 g/mol. The summed E-state index contributed by atoms with van der Waals surface area (Å²) in [5.41, 5.74) is 0.565. The molecule has 1 fully saturated rings. The van der Waals surface area contributed by atoms with Crippen LogP contribution in [0.15, 0.2) is 18.2 Å². The van der Waals surface area contributed by atoms with E-state index in [2.05, 4.69) is 6.07 Å². The molecule has 1 aliphatic rings. The molecule has 4 nitrogen and oxygen atoms in total. The summed E-state index contributed by atoms with van der Waals surface area (Å²) < 4.78 is 16.1. The van der Waals surface area contributed by atoms with E-state index < -0.39 is 0 Å². The van der Waals surface area contributed by atoms with Crippen LogP contribution in [0.3, 0.4) is 0 Å². The molecule has 0 amide bonds. The molecule has 2 rings (SSSR count). The predicted octanol–water partition coefficient (Wildman–Crippen LogP) is 1.73. The van der Waals surface area contributed by atoms with Crippen molar-refractivity contribution in [2.75, 3.05) is 20.3 Å². The average Bonchev–Trinajstić information content (AvgIpc) is 2.82. The van der Waals surface area contributed by atoms with E-state index in [1.165, 1.54) is 0 Å². The molecule has 1 aliphatic heterocycles. The lowest BCUT2D eigenvalue weighted by molar-refractivity contribution is 0.138. The van der Waals surface area contributed by atoms with Crippen LogP contribution < -0.4 is 9.47 Å². The van der Waals surface area contributed by atoms with Crippen molar-refractivity contribution in [1.29, 1.82) is 5.26 Å². The lowest BCUT2D eigenvalue weighted by atomic mass is 10.2. The van der Waals surface area contributed by atoms with E-state index in [0.29, 0.717) is 23.7 Å². The van der Waals surface area contributed by atoms with Crippen LogP contribution in [0.2, 0.25) is 0 Å². The maximum Gasteiger partial charge on any atom is 0.163 e. The number of nitriles is 1. The van der Waals surface area contributed by atoms with Gasteiger partial charge in [0.05, 0.1) is 32.0 Å². The molecule has 0 bridgehead atoms. The van der Waals surface area contributed by atoms with Crippen LogP contribution >= 0.6 is 0 Å². The van der Waals surface area contributed by atoms with E-state index in [0.717, 1.165) is 13.0 Å². The molecule has 4 heteroatoms. The Bertz CT molecular complexity index is 405. The highest BCUT2D eigenvalue weighted by Crippen LogP contribution is 2.29. The number of hydrogen-bond donors (Lipinski definition) is 0. The number of methoxy groups -OCH3 is 1. The van der Waals surface area contributed by atoms with Gasteiger partial charge in [-0.25, -0.2) is 0 Å². The van der Waals surface area contributed by atoms with Crippen molar-refractivity contribution in [1.82, 2.24) is 0 Å². The average molecular weight is 219 g/mol. The topological polar surface area (TPSA) is 51.5 Å². The van der Waals surface area contributed by atoms with Crippen molar-refractivity contribution in [3.8, 4) is 17.6 Å². The Morgan fingerprint density at radius 2 is 2.31 bits per heavy atom. The molecule has 0 saturated carbocycles. The van der Waals surface area contributed by atoms with E-state index in [1.54, 1.807) is 25.3 Å². The quantitative estimate of drug-likeness (QED) is 0.776. The molecule has 0 N–H and O–H groups in total. The summed E-state index contributed by atoms with van der Waals surface area (Å²) in [5.74, 6) is 1.25. The van der Waals surface area contributed by atoms with Crippen LogP contribution in [0.25, 0.3) is 0 Å². The Hall–Kier alpha value is -1.73. The number of benzene rings is 1. The summed E-state index contributed by atoms with van der Waals surface area (Å²) >= 11 is 0. The molecule has 1 aromatic rings. The molecule has 84 valence electrons. The van der Waals surface area contributed by atoms with Gasteiger partial charge in [0.2, 0.25) is 0 Å². The van der Waals surface area contributed by atoms with Crippen LogP contribution in [-0.2, 0) is 4.74 Å². The first-order valence-corrected chi connectivity index (χ1v) is 5.16. The van der Waals surface area contributed by atoms with Gasteiger partial charge in [-0.05, 0) is 12.1 Å². The SMILES string of the molecule is COc1ccc(C#N)cc1OC1CCOC1. The minimum atomic E-state index is 0.0582. The maximum atomic E-state index is 8.82. The molecule has 0 radical (unpaired) electrons. The van der Waals surface area contributed by atoms with Crippen molar-refractivity contribution in [2.24, 2.45) is 0 Å². The summed E-state index contributed by atoms with van der Waals surface area (Å²) in [6.07, 6.45) is 0.933. The van der Waals surface area contributed by atoms with E-state index in [-0.39, 0.29) is 6.10 Å². The van der Waals surface area contributed by atoms with Gasteiger partial charge in [-0.15, -0.1) is 0 Å². The Labute approximate surface area is 94.3 Å². The van der Waals surface area contributed by atoms with Crippen molar-refractivity contribution in [3.63, 3.8) is 0 Å². The second kappa shape index (κ2) is 4.86. The standard InChI is InChI=1S/C12H13NO3/c1-14-11-3-2-9(7-13)6-12(11)16-10-4-5-15-8-10/h2-3,6,10H,4-5,8H2,1H3. The van der Waals surface area contributed by atoms with Gasteiger partial charge in [-0.1, -0.05) is 0 Å². The van der Waals surface area contributed by atoms with Crippen LogP contribution in [0.1, 0.15) is 12.0 Å². The van der Waals surface area contributed by atoms with Gasteiger partial charge < -0.3 is 14.2 Å². The fraction of sp³-hybridized carbons (Fsp3) is 0.417. The van der Waals surface area contributed by atoms with Crippen molar-refractivity contribution < 1.29 is 14.2 Å². The summed E-state index contributed by atoms with van der Waals surface area (Å²) in [7, 11) is 1.58. The van der Waals surface area contributed by atoms with Crippen LogP contribution in [0, 0.1) is 11.3 Å². The van der Waals surface area contributed by atoms with Gasteiger partial charge in [0.25, 0.3) is 0 Å². The first-order valence-electron chi connectivity index (χ1n) is 5.16. The zero-order valence-electron chi connectivity index (χ0n) is 9.10. The van der Waals surface area contributed by atoms with E-state index in [4.69, 9.17) is 19.5 Å². The van der Waals surface area contributed by atoms with E-state index in [9.17, 15) is 0 Å². The minimum Gasteiger partial charge on any atom is -0.493 e. The molecule has 1 unspecified atom stereocenters. The summed E-state index contributed by atoms with van der Waals surface area (Å²) in [4.78, 5) is 0. The zero-order valence-corrected chi connectivity index (χ0v) is 9.10. The monoisotopic (exact) mass is 219 g/mol. The minimum absolute atomic E-state index is 0.0582. The molecule has 1 heterocycles. The molecule has 1 saturated heterocycles. The summed E-state index contributed by atoms with van der Waals surface area (Å²) in [6, 6.07) is 7.21. The number of nitrogens with zero attached hydrogens (tertiary/aromatic N) is 1. The fourth-order valence-electron chi connectivity index (χ4n) is 1.62. The van der Waals surface area contributed by atoms with Crippen molar-refractivity contribution in [2.45, 2.75) is 12.5 Å². The van der Waals surface area contributed by atoms with Crippen molar-refractivity contribution in [3.05, 3.63) is 23.8 Å². The maximum absolute atomic E-state index is 8.82. The first-order chi connectivity index (χ1) is 7.83. The van der Waals surface area contributed by atoms with E-state index in [1.807, 2.05) is 0 Å². The van der Waals surface area contributed by atoms with Crippen LogP contribution in [0.4, 0.5) is 0 Å². The Balaban J connectivity index is 2.19. The highest BCUT2D eigenvalue weighted by Gasteiger charge is 2.19. The van der Waals surface area contributed by atoms with Crippen molar-refractivity contribution >= 4 is 0 Å².